The van der Waals surface area contributed by atoms with Gasteiger partial charge >= 0.3 is 0 Å². The van der Waals surface area contributed by atoms with Crippen molar-refractivity contribution in [3.63, 3.8) is 0 Å². The number of rotatable bonds is 6. The van der Waals surface area contributed by atoms with Crippen molar-refractivity contribution < 1.29 is 14.1 Å². The summed E-state index contributed by atoms with van der Waals surface area (Å²) >= 11 is 0. The second-order valence-corrected chi connectivity index (χ2v) is 4.66. The van der Waals surface area contributed by atoms with Crippen molar-refractivity contribution >= 4 is 5.91 Å². The fourth-order valence-corrected chi connectivity index (χ4v) is 1.62. The molecule has 18 heavy (non-hydrogen) atoms. The molecule has 0 unspecified atom stereocenters. The van der Waals surface area contributed by atoms with Gasteiger partial charge < -0.3 is 14.2 Å². The highest BCUT2D eigenvalue weighted by Crippen LogP contribution is 2.15. The molecule has 5 nitrogen and oxygen atoms in total. The van der Waals surface area contributed by atoms with Crippen LogP contribution in [0.5, 0.6) is 0 Å². The maximum absolute atomic E-state index is 11.9. The highest BCUT2D eigenvalue weighted by molar-refractivity contribution is 5.80. The van der Waals surface area contributed by atoms with Crippen LogP contribution in [0, 0.1) is 0 Å². The predicted molar refractivity (Wildman–Crippen MR) is 68.2 cm³/mol. The van der Waals surface area contributed by atoms with Crippen molar-refractivity contribution in [1.82, 2.24) is 10.1 Å². The molecular weight excluding hydrogens is 232 g/mol. The molecule has 0 aromatic carbocycles. The zero-order valence-electron chi connectivity index (χ0n) is 11.8. The molecule has 1 heterocycles. The number of likely N-dealkylation sites (N-methyl/N-ethyl adjacent to an activating group) is 1. The zero-order valence-corrected chi connectivity index (χ0v) is 11.8. The summed E-state index contributed by atoms with van der Waals surface area (Å²) in [5, 5.41) is 3.97. The van der Waals surface area contributed by atoms with Crippen LogP contribution in [0.4, 0.5) is 0 Å². The molecule has 0 aliphatic carbocycles. The highest BCUT2D eigenvalue weighted by Gasteiger charge is 2.19. The third-order valence-electron chi connectivity index (χ3n) is 2.70. The molecule has 0 aliphatic heterocycles. The van der Waals surface area contributed by atoms with E-state index in [4.69, 9.17) is 9.26 Å². The number of hydrogen-bond donors (Lipinski definition) is 0. The van der Waals surface area contributed by atoms with E-state index in [1.165, 1.54) is 0 Å². The van der Waals surface area contributed by atoms with E-state index >= 15 is 0 Å². The molecule has 0 saturated carbocycles. The Bertz CT molecular complexity index is 387. The second kappa shape index (κ2) is 6.54. The van der Waals surface area contributed by atoms with Gasteiger partial charge in [-0.1, -0.05) is 19.0 Å². The number of amides is 1. The average Bonchev–Trinajstić information content (AvgIpc) is 2.77. The van der Waals surface area contributed by atoms with E-state index in [2.05, 4.69) is 5.16 Å². The molecule has 0 saturated heterocycles. The van der Waals surface area contributed by atoms with Crippen LogP contribution in [0.15, 0.2) is 10.6 Å². The van der Waals surface area contributed by atoms with Crippen molar-refractivity contribution in [3.05, 3.63) is 17.5 Å². The van der Waals surface area contributed by atoms with E-state index in [1.54, 1.807) is 18.9 Å². The van der Waals surface area contributed by atoms with Crippen molar-refractivity contribution in [2.24, 2.45) is 0 Å². The lowest BCUT2D eigenvalue weighted by atomic mass is 10.1. The van der Waals surface area contributed by atoms with Gasteiger partial charge in [0, 0.05) is 19.7 Å². The number of hydrogen-bond acceptors (Lipinski definition) is 4. The Morgan fingerprint density at radius 3 is 2.67 bits per heavy atom. The molecule has 1 atom stereocenters. The summed E-state index contributed by atoms with van der Waals surface area (Å²) in [5.74, 6) is 0.962. The fourth-order valence-electron chi connectivity index (χ4n) is 1.62. The standard InChI is InChI=1S/C13H22N2O3/c1-6-17-10(4)13(16)15(5)8-11-7-12(9(2)3)14-18-11/h7,9-10H,6,8H2,1-5H3/t10-/m1/s1. The fraction of sp³-hybridized carbons (Fsp3) is 0.692. The topological polar surface area (TPSA) is 55.6 Å². The molecule has 0 spiro atoms. The minimum atomic E-state index is -0.424. The molecule has 0 N–H and O–H groups in total. The number of carbonyl (C=O) groups is 1. The molecule has 1 aromatic rings. The molecule has 1 rings (SSSR count). The van der Waals surface area contributed by atoms with Crippen molar-refractivity contribution in [2.45, 2.75) is 46.3 Å². The molecule has 5 heteroatoms. The van der Waals surface area contributed by atoms with Crippen molar-refractivity contribution in [3.8, 4) is 0 Å². The van der Waals surface area contributed by atoms with Crippen LogP contribution in [-0.2, 0) is 16.1 Å². The van der Waals surface area contributed by atoms with Gasteiger partial charge in [0.25, 0.3) is 5.91 Å². The minimum absolute atomic E-state index is 0.0562. The zero-order chi connectivity index (χ0) is 13.7. The quantitative estimate of drug-likeness (QED) is 0.780. The summed E-state index contributed by atoms with van der Waals surface area (Å²) in [6.07, 6.45) is -0.424. The number of carbonyl (C=O) groups excluding carboxylic acids is 1. The lowest BCUT2D eigenvalue weighted by Gasteiger charge is -2.19. The lowest BCUT2D eigenvalue weighted by Crippen LogP contribution is -2.35. The third-order valence-corrected chi connectivity index (χ3v) is 2.70. The molecule has 0 radical (unpaired) electrons. The molecule has 102 valence electrons. The Hall–Kier alpha value is -1.36. The van der Waals surface area contributed by atoms with Gasteiger partial charge in [-0.25, -0.2) is 0 Å². The van der Waals surface area contributed by atoms with E-state index in [0.29, 0.717) is 24.8 Å². The first-order chi connectivity index (χ1) is 8.45. The normalized spacial score (nSPS) is 12.8. The second-order valence-electron chi connectivity index (χ2n) is 4.66. The van der Waals surface area contributed by atoms with Gasteiger partial charge in [-0.15, -0.1) is 0 Å². The monoisotopic (exact) mass is 254 g/mol. The molecule has 0 aliphatic rings. The summed E-state index contributed by atoms with van der Waals surface area (Å²) in [5.41, 5.74) is 0.906. The van der Waals surface area contributed by atoms with Gasteiger partial charge in [0.2, 0.25) is 0 Å². The molecule has 0 fully saturated rings. The Labute approximate surface area is 108 Å². The predicted octanol–water partition coefficient (Wildman–Crippen LogP) is 2.18. The number of nitrogens with zero attached hydrogens (tertiary/aromatic N) is 2. The third kappa shape index (κ3) is 3.84. The van der Waals surface area contributed by atoms with Gasteiger partial charge in [0.15, 0.2) is 5.76 Å². The Morgan fingerprint density at radius 2 is 2.17 bits per heavy atom. The maximum atomic E-state index is 11.9. The molecule has 1 amide bonds. The van der Waals surface area contributed by atoms with Crippen LogP contribution in [0.3, 0.4) is 0 Å². The Kier molecular flexibility index (Phi) is 5.34. The summed E-state index contributed by atoms with van der Waals surface area (Å²) in [4.78, 5) is 13.5. The Balaban J connectivity index is 2.57. The summed E-state index contributed by atoms with van der Waals surface area (Å²) in [7, 11) is 1.73. The van der Waals surface area contributed by atoms with E-state index in [0.717, 1.165) is 5.69 Å². The lowest BCUT2D eigenvalue weighted by molar-refractivity contribution is -0.141. The van der Waals surface area contributed by atoms with Crippen LogP contribution in [-0.4, -0.2) is 35.7 Å². The maximum Gasteiger partial charge on any atom is 0.251 e. The Morgan fingerprint density at radius 1 is 1.50 bits per heavy atom. The highest BCUT2D eigenvalue weighted by atomic mass is 16.5. The van der Waals surface area contributed by atoms with Crippen LogP contribution in [0.1, 0.15) is 45.1 Å². The van der Waals surface area contributed by atoms with E-state index in [-0.39, 0.29) is 5.91 Å². The first-order valence-electron chi connectivity index (χ1n) is 6.27. The first kappa shape index (κ1) is 14.7. The summed E-state index contributed by atoms with van der Waals surface area (Å²) in [6, 6.07) is 1.89. The van der Waals surface area contributed by atoms with Crippen molar-refractivity contribution in [2.75, 3.05) is 13.7 Å². The number of ether oxygens (including phenoxy) is 1. The minimum Gasteiger partial charge on any atom is -0.369 e. The van der Waals surface area contributed by atoms with Crippen LogP contribution < -0.4 is 0 Å². The smallest absolute Gasteiger partial charge is 0.251 e. The largest absolute Gasteiger partial charge is 0.369 e. The van der Waals surface area contributed by atoms with E-state index < -0.39 is 6.10 Å². The molecule has 1 aromatic heterocycles. The summed E-state index contributed by atoms with van der Waals surface area (Å²) in [6.45, 7) is 8.66. The van der Waals surface area contributed by atoms with Gasteiger partial charge in [-0.05, 0) is 19.8 Å². The molecule has 0 bridgehead atoms. The molecular formula is C13H22N2O3. The van der Waals surface area contributed by atoms with Crippen LogP contribution in [0.25, 0.3) is 0 Å². The van der Waals surface area contributed by atoms with Gasteiger partial charge in [0.1, 0.15) is 6.10 Å². The average molecular weight is 254 g/mol. The van der Waals surface area contributed by atoms with Crippen molar-refractivity contribution in [1.29, 1.82) is 0 Å². The van der Waals surface area contributed by atoms with Gasteiger partial charge in [0.05, 0.1) is 12.2 Å². The van der Waals surface area contributed by atoms with Gasteiger partial charge in [-0.2, -0.15) is 0 Å². The number of aromatic nitrogens is 1. The van der Waals surface area contributed by atoms with Crippen LogP contribution in [0.2, 0.25) is 0 Å². The summed E-state index contributed by atoms with van der Waals surface area (Å²) < 4.78 is 10.5. The SMILES string of the molecule is CCO[C@H](C)C(=O)N(C)Cc1cc(C(C)C)no1. The van der Waals surface area contributed by atoms with Gasteiger partial charge in [-0.3, -0.25) is 4.79 Å². The van der Waals surface area contributed by atoms with E-state index in [1.807, 2.05) is 26.8 Å². The van der Waals surface area contributed by atoms with Crippen LogP contribution >= 0.6 is 0 Å². The first-order valence-corrected chi connectivity index (χ1v) is 6.27. The van der Waals surface area contributed by atoms with E-state index in [9.17, 15) is 4.79 Å².